The summed E-state index contributed by atoms with van der Waals surface area (Å²) in [5.41, 5.74) is 4.41. The van der Waals surface area contributed by atoms with E-state index in [9.17, 15) is 0 Å². The van der Waals surface area contributed by atoms with Crippen molar-refractivity contribution in [2.24, 2.45) is 23.6 Å². The van der Waals surface area contributed by atoms with Crippen molar-refractivity contribution in [1.29, 1.82) is 0 Å². The average molecular weight is 292 g/mol. The minimum absolute atomic E-state index is 0.292. The van der Waals surface area contributed by atoms with E-state index in [1.807, 2.05) is 11.8 Å². The molecule has 0 amide bonds. The molecule has 3 N–H and O–H groups in total. The number of nitrogens with one attached hydrogen (secondary N) is 1. The zero-order chi connectivity index (χ0) is 14.5. The highest BCUT2D eigenvalue weighted by Gasteiger charge is 2.30. The van der Waals surface area contributed by atoms with Gasteiger partial charge in [0.2, 0.25) is 0 Å². The molecule has 20 heavy (non-hydrogen) atoms. The van der Waals surface area contributed by atoms with Gasteiger partial charge in [-0.25, -0.2) is 0 Å². The second-order valence-corrected chi connectivity index (χ2v) is 7.66. The number of nitrogens with two attached hydrogens (primary N) is 1. The number of rotatable bonds is 5. The molecule has 1 fully saturated rings. The first-order valence-corrected chi connectivity index (χ1v) is 8.81. The van der Waals surface area contributed by atoms with Crippen molar-refractivity contribution in [3.8, 4) is 0 Å². The Bertz CT molecular complexity index is 394. The highest BCUT2D eigenvalue weighted by molar-refractivity contribution is 7.99. The van der Waals surface area contributed by atoms with Crippen LogP contribution in [0, 0.1) is 17.8 Å². The van der Waals surface area contributed by atoms with Gasteiger partial charge in [0.25, 0.3) is 0 Å². The van der Waals surface area contributed by atoms with Crippen molar-refractivity contribution in [3.05, 3.63) is 29.8 Å². The fraction of sp³-hybridized carbons (Fsp3) is 0.647. The first-order chi connectivity index (χ1) is 9.63. The lowest BCUT2D eigenvalue weighted by Gasteiger charge is -2.36. The Morgan fingerprint density at radius 1 is 1.15 bits per heavy atom. The standard InChI is InChI=1S/C17H28N2S/c1-4-20-16-7-5-14(6-8-16)17(19-18)15-10-12(2)9-13(3)11-15/h5-8,12-13,15,17,19H,4,9-11,18H2,1-3H3. The van der Waals surface area contributed by atoms with E-state index in [-0.39, 0.29) is 0 Å². The third kappa shape index (κ3) is 4.00. The molecular formula is C17H28N2S. The lowest BCUT2D eigenvalue weighted by atomic mass is 9.72. The van der Waals surface area contributed by atoms with Crippen LogP contribution in [0.15, 0.2) is 29.2 Å². The van der Waals surface area contributed by atoms with Crippen molar-refractivity contribution < 1.29 is 0 Å². The Kier molecular flexibility index (Phi) is 5.94. The van der Waals surface area contributed by atoms with Gasteiger partial charge in [0.1, 0.15) is 0 Å². The largest absolute Gasteiger partial charge is 0.271 e. The number of hydrogen-bond donors (Lipinski definition) is 2. The predicted molar refractivity (Wildman–Crippen MR) is 88.6 cm³/mol. The maximum Gasteiger partial charge on any atom is 0.0488 e. The molecule has 0 radical (unpaired) electrons. The molecule has 0 aliphatic heterocycles. The third-order valence-corrected chi connectivity index (χ3v) is 5.31. The second kappa shape index (κ2) is 7.48. The Balaban J connectivity index is 2.10. The summed E-state index contributed by atoms with van der Waals surface area (Å²) in [5.74, 6) is 9.27. The molecule has 3 unspecified atom stereocenters. The summed E-state index contributed by atoms with van der Waals surface area (Å²) in [7, 11) is 0. The molecular weight excluding hydrogens is 264 g/mol. The predicted octanol–water partition coefficient (Wildman–Crippen LogP) is 4.38. The van der Waals surface area contributed by atoms with Crippen LogP contribution in [0.3, 0.4) is 0 Å². The summed E-state index contributed by atoms with van der Waals surface area (Å²) in [6.07, 6.45) is 3.93. The van der Waals surface area contributed by atoms with E-state index in [1.165, 1.54) is 29.7 Å². The van der Waals surface area contributed by atoms with E-state index >= 15 is 0 Å². The van der Waals surface area contributed by atoms with E-state index in [2.05, 4.69) is 50.5 Å². The molecule has 2 nitrogen and oxygen atoms in total. The Labute approximate surface area is 127 Å². The Morgan fingerprint density at radius 3 is 2.25 bits per heavy atom. The first kappa shape index (κ1) is 15.9. The van der Waals surface area contributed by atoms with Crippen LogP contribution >= 0.6 is 11.8 Å². The number of hydrazine groups is 1. The monoisotopic (exact) mass is 292 g/mol. The summed E-state index contributed by atoms with van der Waals surface area (Å²) in [6.45, 7) is 6.93. The molecule has 1 aliphatic rings. The van der Waals surface area contributed by atoms with Crippen LogP contribution in [0.25, 0.3) is 0 Å². The second-order valence-electron chi connectivity index (χ2n) is 6.32. The van der Waals surface area contributed by atoms with Gasteiger partial charge in [-0.15, -0.1) is 11.8 Å². The molecule has 0 bridgehead atoms. The van der Waals surface area contributed by atoms with Crippen molar-refractivity contribution in [1.82, 2.24) is 5.43 Å². The van der Waals surface area contributed by atoms with Crippen molar-refractivity contribution in [2.75, 3.05) is 5.75 Å². The molecule has 1 aromatic carbocycles. The van der Waals surface area contributed by atoms with Gasteiger partial charge in [0.15, 0.2) is 0 Å². The van der Waals surface area contributed by atoms with E-state index < -0.39 is 0 Å². The van der Waals surface area contributed by atoms with E-state index in [4.69, 9.17) is 5.84 Å². The number of thioether (sulfide) groups is 1. The molecule has 3 atom stereocenters. The zero-order valence-corrected chi connectivity index (χ0v) is 13.7. The molecule has 112 valence electrons. The van der Waals surface area contributed by atoms with Gasteiger partial charge in [-0.3, -0.25) is 11.3 Å². The SMILES string of the molecule is CCSc1ccc(C(NN)C2CC(C)CC(C)C2)cc1. The molecule has 1 aliphatic carbocycles. The van der Waals surface area contributed by atoms with Crippen molar-refractivity contribution >= 4 is 11.8 Å². The lowest BCUT2D eigenvalue weighted by molar-refractivity contribution is 0.177. The molecule has 0 saturated heterocycles. The normalized spacial score (nSPS) is 28.3. The molecule has 2 rings (SSSR count). The van der Waals surface area contributed by atoms with Gasteiger partial charge >= 0.3 is 0 Å². The Morgan fingerprint density at radius 2 is 1.75 bits per heavy atom. The molecule has 3 heteroatoms. The van der Waals surface area contributed by atoms with Crippen LogP contribution in [-0.2, 0) is 0 Å². The summed E-state index contributed by atoms with van der Waals surface area (Å²) in [5, 5.41) is 0. The van der Waals surface area contributed by atoms with E-state index in [0.717, 1.165) is 17.6 Å². The van der Waals surface area contributed by atoms with Gasteiger partial charge in [0.05, 0.1) is 0 Å². The van der Waals surface area contributed by atoms with E-state index in [1.54, 1.807) is 0 Å². The topological polar surface area (TPSA) is 38.0 Å². The molecule has 0 spiro atoms. The number of benzene rings is 1. The summed E-state index contributed by atoms with van der Waals surface area (Å²) >= 11 is 1.89. The fourth-order valence-electron chi connectivity index (χ4n) is 3.72. The lowest BCUT2D eigenvalue weighted by Crippen LogP contribution is -2.37. The fourth-order valence-corrected chi connectivity index (χ4v) is 4.39. The summed E-state index contributed by atoms with van der Waals surface area (Å²) in [6, 6.07) is 9.23. The highest BCUT2D eigenvalue weighted by atomic mass is 32.2. The van der Waals surface area contributed by atoms with Gasteiger partial charge in [-0.1, -0.05) is 32.9 Å². The maximum absolute atomic E-state index is 5.87. The molecule has 0 heterocycles. The van der Waals surface area contributed by atoms with Crippen LogP contribution in [0.2, 0.25) is 0 Å². The molecule has 0 aromatic heterocycles. The summed E-state index contributed by atoms with van der Waals surface area (Å²) in [4.78, 5) is 1.34. The number of hydrogen-bond acceptors (Lipinski definition) is 3. The molecule has 1 saturated carbocycles. The highest BCUT2D eigenvalue weighted by Crippen LogP contribution is 2.39. The minimum Gasteiger partial charge on any atom is -0.271 e. The van der Waals surface area contributed by atoms with Crippen molar-refractivity contribution in [2.45, 2.75) is 51.0 Å². The van der Waals surface area contributed by atoms with Gasteiger partial charge in [-0.05, 0) is 60.5 Å². The van der Waals surface area contributed by atoms with Crippen LogP contribution in [0.5, 0.6) is 0 Å². The first-order valence-electron chi connectivity index (χ1n) is 7.82. The summed E-state index contributed by atoms with van der Waals surface area (Å²) < 4.78 is 0. The Hall–Kier alpha value is -0.510. The van der Waals surface area contributed by atoms with Crippen LogP contribution in [0.1, 0.15) is 51.6 Å². The van der Waals surface area contributed by atoms with Crippen LogP contribution in [0.4, 0.5) is 0 Å². The maximum atomic E-state index is 5.87. The van der Waals surface area contributed by atoms with Crippen molar-refractivity contribution in [3.63, 3.8) is 0 Å². The third-order valence-electron chi connectivity index (χ3n) is 4.42. The van der Waals surface area contributed by atoms with Crippen LogP contribution in [-0.4, -0.2) is 5.75 Å². The zero-order valence-electron chi connectivity index (χ0n) is 12.9. The molecule has 1 aromatic rings. The smallest absolute Gasteiger partial charge is 0.0488 e. The van der Waals surface area contributed by atoms with Crippen LogP contribution < -0.4 is 11.3 Å². The minimum atomic E-state index is 0.292. The van der Waals surface area contributed by atoms with Gasteiger partial charge in [-0.2, -0.15) is 0 Å². The average Bonchev–Trinajstić information content (AvgIpc) is 2.41. The van der Waals surface area contributed by atoms with E-state index in [0.29, 0.717) is 12.0 Å². The van der Waals surface area contributed by atoms with Gasteiger partial charge in [0, 0.05) is 10.9 Å². The quantitative estimate of drug-likeness (QED) is 0.480. The van der Waals surface area contributed by atoms with Gasteiger partial charge < -0.3 is 0 Å².